The molecule has 0 aliphatic carbocycles. The van der Waals surface area contributed by atoms with E-state index in [9.17, 15) is 14.0 Å². The highest BCUT2D eigenvalue weighted by Crippen LogP contribution is 2.20. The van der Waals surface area contributed by atoms with Crippen LogP contribution in [0.3, 0.4) is 0 Å². The number of carbonyl (C=O) groups excluding carboxylic acids is 1. The second-order valence-electron chi connectivity index (χ2n) is 3.89. The number of carboxylic acid groups (broad SMARTS) is 1. The summed E-state index contributed by atoms with van der Waals surface area (Å²) in [6.45, 7) is 0.381. The summed E-state index contributed by atoms with van der Waals surface area (Å²) in [6, 6.07) is 0.248. The lowest BCUT2D eigenvalue weighted by molar-refractivity contribution is -0.141. The third-order valence-corrected chi connectivity index (χ3v) is 2.75. The van der Waals surface area contributed by atoms with Gasteiger partial charge in [-0.1, -0.05) is 0 Å². The Labute approximate surface area is 96.9 Å². The van der Waals surface area contributed by atoms with Crippen LogP contribution in [0, 0.1) is 5.82 Å². The molecule has 0 spiro atoms. The summed E-state index contributed by atoms with van der Waals surface area (Å²) in [5, 5.41) is 8.95. The van der Waals surface area contributed by atoms with Crippen molar-refractivity contribution in [3.05, 3.63) is 29.8 Å². The number of nitrogens with zero attached hydrogens (tertiary/aromatic N) is 2. The Hall–Kier alpha value is -1.98. The number of hydrogen-bond acceptors (Lipinski definition) is 3. The molecule has 0 bridgehead atoms. The zero-order valence-corrected chi connectivity index (χ0v) is 8.97. The molecule has 0 saturated carbocycles. The molecule has 5 nitrogen and oxygen atoms in total. The van der Waals surface area contributed by atoms with Crippen molar-refractivity contribution in [2.75, 3.05) is 6.54 Å². The quantitative estimate of drug-likeness (QED) is 0.831. The fourth-order valence-electron chi connectivity index (χ4n) is 1.96. The number of amides is 1. The van der Waals surface area contributed by atoms with Crippen molar-refractivity contribution in [1.29, 1.82) is 0 Å². The summed E-state index contributed by atoms with van der Waals surface area (Å²) in [7, 11) is 0. The first-order chi connectivity index (χ1) is 8.09. The maximum absolute atomic E-state index is 12.9. The van der Waals surface area contributed by atoms with Crippen molar-refractivity contribution in [2.24, 2.45) is 0 Å². The summed E-state index contributed by atoms with van der Waals surface area (Å²) in [4.78, 5) is 27.7. The van der Waals surface area contributed by atoms with E-state index in [0.717, 1.165) is 12.3 Å². The molecule has 1 aromatic heterocycles. The fraction of sp³-hybridized carbons (Fsp3) is 0.364. The zero-order chi connectivity index (χ0) is 12.4. The molecule has 1 aromatic rings. The molecular formula is C11H11FN2O3. The van der Waals surface area contributed by atoms with Gasteiger partial charge in [0.15, 0.2) is 0 Å². The number of aromatic nitrogens is 1. The summed E-state index contributed by atoms with van der Waals surface area (Å²) in [6.07, 6.45) is 3.31. The van der Waals surface area contributed by atoms with Crippen LogP contribution in [0.25, 0.3) is 0 Å². The van der Waals surface area contributed by atoms with Gasteiger partial charge in [0.1, 0.15) is 11.9 Å². The van der Waals surface area contributed by atoms with Gasteiger partial charge < -0.3 is 10.0 Å². The number of aliphatic carboxylic acids is 1. The number of likely N-dealkylation sites (tertiary alicyclic amines) is 1. The average molecular weight is 238 g/mol. The maximum Gasteiger partial charge on any atom is 0.326 e. The SMILES string of the molecule is O=C(O)[C@H]1CCCN1C(=O)c1cncc(F)c1. The molecule has 2 heterocycles. The Morgan fingerprint density at radius 3 is 2.88 bits per heavy atom. The Bertz CT molecular complexity index is 464. The van der Waals surface area contributed by atoms with E-state index < -0.39 is 23.7 Å². The van der Waals surface area contributed by atoms with Gasteiger partial charge >= 0.3 is 5.97 Å². The second kappa shape index (κ2) is 4.48. The standard InChI is InChI=1S/C11H11FN2O3/c12-8-4-7(5-13-6-8)10(15)14-3-1-2-9(14)11(16)17/h4-6,9H,1-3H2,(H,16,17)/t9-/m1/s1. The lowest BCUT2D eigenvalue weighted by Gasteiger charge is -2.21. The van der Waals surface area contributed by atoms with E-state index in [-0.39, 0.29) is 5.56 Å². The van der Waals surface area contributed by atoms with E-state index >= 15 is 0 Å². The molecular weight excluding hydrogens is 227 g/mol. The summed E-state index contributed by atoms with van der Waals surface area (Å²) in [5.74, 6) is -2.12. The summed E-state index contributed by atoms with van der Waals surface area (Å²) >= 11 is 0. The van der Waals surface area contributed by atoms with E-state index in [2.05, 4.69) is 4.98 Å². The lowest BCUT2D eigenvalue weighted by Crippen LogP contribution is -2.40. The molecule has 0 unspecified atom stereocenters. The van der Waals surface area contributed by atoms with Crippen LogP contribution in [0.5, 0.6) is 0 Å². The Kier molecular flexibility index (Phi) is 3.03. The van der Waals surface area contributed by atoms with Crippen molar-refractivity contribution in [3.8, 4) is 0 Å². The van der Waals surface area contributed by atoms with Crippen LogP contribution < -0.4 is 0 Å². The van der Waals surface area contributed by atoms with E-state index in [0.29, 0.717) is 19.4 Å². The van der Waals surface area contributed by atoms with Gasteiger partial charge in [0.05, 0.1) is 11.8 Å². The highest BCUT2D eigenvalue weighted by atomic mass is 19.1. The average Bonchev–Trinajstić information content (AvgIpc) is 2.77. The molecule has 17 heavy (non-hydrogen) atoms. The molecule has 1 N–H and O–H groups in total. The van der Waals surface area contributed by atoms with Crippen molar-refractivity contribution in [3.63, 3.8) is 0 Å². The molecule has 0 radical (unpaired) electrons. The van der Waals surface area contributed by atoms with Gasteiger partial charge in [-0.15, -0.1) is 0 Å². The van der Waals surface area contributed by atoms with Crippen LogP contribution in [0.4, 0.5) is 4.39 Å². The molecule has 1 aliphatic heterocycles. The second-order valence-corrected chi connectivity index (χ2v) is 3.89. The number of rotatable bonds is 2. The van der Waals surface area contributed by atoms with E-state index in [1.54, 1.807) is 0 Å². The van der Waals surface area contributed by atoms with Gasteiger partial charge in [-0.25, -0.2) is 9.18 Å². The van der Waals surface area contributed by atoms with Gasteiger partial charge in [-0.2, -0.15) is 0 Å². The first kappa shape index (κ1) is 11.5. The highest BCUT2D eigenvalue weighted by Gasteiger charge is 2.34. The third kappa shape index (κ3) is 2.25. The molecule has 90 valence electrons. The first-order valence-electron chi connectivity index (χ1n) is 5.24. The number of carboxylic acids is 1. The topological polar surface area (TPSA) is 70.5 Å². The number of hydrogen-bond donors (Lipinski definition) is 1. The molecule has 1 fully saturated rings. The van der Waals surface area contributed by atoms with Crippen LogP contribution in [-0.4, -0.2) is 39.5 Å². The molecule has 6 heteroatoms. The first-order valence-corrected chi connectivity index (χ1v) is 5.24. The molecule has 1 aliphatic rings. The van der Waals surface area contributed by atoms with Gasteiger partial charge in [0.2, 0.25) is 0 Å². The van der Waals surface area contributed by atoms with Gasteiger partial charge in [-0.05, 0) is 18.9 Å². The van der Waals surface area contributed by atoms with Crippen molar-refractivity contribution >= 4 is 11.9 Å². The van der Waals surface area contributed by atoms with Crippen LogP contribution >= 0.6 is 0 Å². The van der Waals surface area contributed by atoms with E-state index in [4.69, 9.17) is 5.11 Å². The monoisotopic (exact) mass is 238 g/mol. The minimum absolute atomic E-state index is 0.0816. The maximum atomic E-state index is 12.9. The third-order valence-electron chi connectivity index (χ3n) is 2.75. The largest absolute Gasteiger partial charge is 0.480 e. The molecule has 2 rings (SSSR count). The van der Waals surface area contributed by atoms with Gasteiger partial charge in [0.25, 0.3) is 5.91 Å². The normalized spacial score (nSPS) is 19.4. The fourth-order valence-corrected chi connectivity index (χ4v) is 1.96. The Morgan fingerprint density at radius 2 is 2.24 bits per heavy atom. The van der Waals surface area contributed by atoms with Crippen molar-refractivity contribution in [1.82, 2.24) is 9.88 Å². The minimum atomic E-state index is -1.03. The number of halogens is 1. The smallest absolute Gasteiger partial charge is 0.326 e. The van der Waals surface area contributed by atoms with Crippen LogP contribution in [0.15, 0.2) is 18.5 Å². The lowest BCUT2D eigenvalue weighted by atomic mass is 10.2. The van der Waals surface area contributed by atoms with Gasteiger partial charge in [0, 0.05) is 12.7 Å². The minimum Gasteiger partial charge on any atom is -0.480 e. The molecule has 1 atom stereocenters. The van der Waals surface area contributed by atoms with E-state index in [1.165, 1.54) is 11.1 Å². The highest BCUT2D eigenvalue weighted by molar-refractivity contribution is 5.96. The number of carbonyl (C=O) groups is 2. The van der Waals surface area contributed by atoms with Crippen molar-refractivity contribution < 1.29 is 19.1 Å². The Balaban J connectivity index is 2.23. The van der Waals surface area contributed by atoms with E-state index in [1.807, 2.05) is 0 Å². The van der Waals surface area contributed by atoms with Crippen molar-refractivity contribution in [2.45, 2.75) is 18.9 Å². The predicted octanol–water partition coefficient (Wildman–Crippen LogP) is 0.910. The molecule has 0 aromatic carbocycles. The van der Waals surface area contributed by atoms with Crippen LogP contribution in [0.2, 0.25) is 0 Å². The van der Waals surface area contributed by atoms with Crippen LogP contribution in [-0.2, 0) is 4.79 Å². The molecule has 1 saturated heterocycles. The Morgan fingerprint density at radius 1 is 1.47 bits per heavy atom. The predicted molar refractivity (Wildman–Crippen MR) is 55.9 cm³/mol. The van der Waals surface area contributed by atoms with Crippen LogP contribution in [0.1, 0.15) is 23.2 Å². The number of pyridine rings is 1. The summed E-state index contributed by atoms with van der Waals surface area (Å²) < 4.78 is 12.9. The summed E-state index contributed by atoms with van der Waals surface area (Å²) in [5.41, 5.74) is 0.0816. The van der Waals surface area contributed by atoms with Gasteiger partial charge in [-0.3, -0.25) is 9.78 Å². The zero-order valence-electron chi connectivity index (χ0n) is 8.97. The molecule has 1 amide bonds.